The molecular weight excluding hydrogens is 264 g/mol. The van der Waals surface area contributed by atoms with Crippen LogP contribution >= 0.6 is 0 Å². The van der Waals surface area contributed by atoms with E-state index in [2.05, 4.69) is 0 Å². The van der Waals surface area contributed by atoms with Gasteiger partial charge in [0.2, 0.25) is 0 Å². The Balaban J connectivity index is 4.58. The van der Waals surface area contributed by atoms with Crippen molar-refractivity contribution in [1.29, 1.82) is 0 Å². The average Bonchev–Trinajstić information content (AvgIpc) is 2.38. The summed E-state index contributed by atoms with van der Waals surface area (Å²) in [5.74, 6) is -1.52. The molecule has 4 unspecified atom stereocenters. The van der Waals surface area contributed by atoms with Crippen molar-refractivity contribution in [1.82, 2.24) is 0 Å². The van der Waals surface area contributed by atoms with Gasteiger partial charge in [-0.25, -0.2) is 9.59 Å². The van der Waals surface area contributed by atoms with Crippen molar-refractivity contribution < 1.29 is 29.3 Å². The number of carbonyl (C=O) groups excluding carboxylic acids is 2. The Morgan fingerprint density at radius 2 is 1.60 bits per heavy atom. The predicted octanol–water partition coefficient (Wildman–Crippen LogP) is 1.03. The van der Waals surface area contributed by atoms with E-state index < -0.39 is 30.3 Å². The van der Waals surface area contributed by atoms with E-state index in [1.807, 2.05) is 13.8 Å². The van der Waals surface area contributed by atoms with E-state index in [4.69, 9.17) is 14.6 Å². The van der Waals surface area contributed by atoms with Crippen molar-refractivity contribution in [3.8, 4) is 0 Å². The fourth-order valence-electron chi connectivity index (χ4n) is 1.72. The summed E-state index contributed by atoms with van der Waals surface area (Å²) in [6.07, 6.45) is -0.662. The van der Waals surface area contributed by atoms with Crippen molar-refractivity contribution in [3.05, 3.63) is 0 Å². The second-order valence-corrected chi connectivity index (χ2v) is 4.91. The van der Waals surface area contributed by atoms with Gasteiger partial charge in [0.1, 0.15) is 18.3 Å². The molecule has 0 fully saturated rings. The maximum atomic E-state index is 11.5. The molecule has 0 aromatic carbocycles. The van der Waals surface area contributed by atoms with Crippen LogP contribution in [-0.4, -0.2) is 47.1 Å². The highest BCUT2D eigenvalue weighted by molar-refractivity contribution is 5.74. The number of hydrogen-bond acceptors (Lipinski definition) is 6. The summed E-state index contributed by atoms with van der Waals surface area (Å²) in [5.41, 5.74) is 0. The third kappa shape index (κ3) is 6.86. The summed E-state index contributed by atoms with van der Waals surface area (Å²) in [6.45, 7) is 6.62. The molecule has 0 rings (SSSR count). The topological polar surface area (TPSA) is 93.1 Å². The van der Waals surface area contributed by atoms with Crippen LogP contribution in [0.15, 0.2) is 0 Å². The molecule has 6 heteroatoms. The highest BCUT2D eigenvalue weighted by Gasteiger charge is 2.26. The molecule has 4 atom stereocenters. The van der Waals surface area contributed by atoms with Crippen LogP contribution < -0.4 is 0 Å². The lowest BCUT2D eigenvalue weighted by Gasteiger charge is -2.26. The fourth-order valence-corrected chi connectivity index (χ4v) is 1.72. The Kier molecular flexibility index (Phi) is 9.16. The first kappa shape index (κ1) is 18.9. The number of esters is 2. The summed E-state index contributed by atoms with van der Waals surface area (Å²) < 4.78 is 10.2. The predicted molar refractivity (Wildman–Crippen MR) is 72.9 cm³/mol. The minimum Gasteiger partial charge on any atom is -0.463 e. The molecule has 0 saturated carbocycles. The Morgan fingerprint density at radius 1 is 1.05 bits per heavy atom. The van der Waals surface area contributed by atoms with Gasteiger partial charge < -0.3 is 19.7 Å². The van der Waals surface area contributed by atoms with Crippen LogP contribution in [0.3, 0.4) is 0 Å². The van der Waals surface area contributed by atoms with Gasteiger partial charge in [-0.2, -0.15) is 0 Å². The van der Waals surface area contributed by atoms with E-state index in [-0.39, 0.29) is 12.5 Å². The van der Waals surface area contributed by atoms with Crippen molar-refractivity contribution in [3.63, 3.8) is 0 Å². The van der Waals surface area contributed by atoms with Crippen LogP contribution in [-0.2, 0) is 19.1 Å². The molecule has 20 heavy (non-hydrogen) atoms. The maximum Gasteiger partial charge on any atom is 0.334 e. The monoisotopic (exact) mass is 290 g/mol. The second kappa shape index (κ2) is 9.72. The number of rotatable bonds is 9. The van der Waals surface area contributed by atoms with Crippen LogP contribution in [0.1, 0.15) is 47.0 Å². The molecule has 118 valence electrons. The molecule has 0 saturated heterocycles. The molecule has 0 aliphatic carbocycles. The molecule has 6 nitrogen and oxygen atoms in total. The van der Waals surface area contributed by atoms with Gasteiger partial charge in [-0.15, -0.1) is 0 Å². The molecule has 0 bridgehead atoms. The van der Waals surface area contributed by atoms with Crippen LogP contribution in [0.4, 0.5) is 0 Å². The Hall–Kier alpha value is -1.14. The Morgan fingerprint density at radius 3 is 2.00 bits per heavy atom. The lowest BCUT2D eigenvalue weighted by Crippen LogP contribution is -2.34. The molecule has 0 radical (unpaired) electrons. The molecule has 0 aliphatic heterocycles. The number of ether oxygens (including phenoxy) is 2. The number of aliphatic hydroxyl groups is 2. The van der Waals surface area contributed by atoms with Gasteiger partial charge in [-0.1, -0.05) is 20.3 Å². The molecule has 0 aromatic rings. The van der Waals surface area contributed by atoms with Crippen LogP contribution in [0.2, 0.25) is 0 Å². The van der Waals surface area contributed by atoms with Crippen molar-refractivity contribution in [2.45, 2.75) is 65.3 Å². The zero-order chi connectivity index (χ0) is 15.7. The quantitative estimate of drug-likeness (QED) is 0.616. The summed E-state index contributed by atoms with van der Waals surface area (Å²) in [6, 6.07) is 0. The molecule has 0 amide bonds. The largest absolute Gasteiger partial charge is 0.463 e. The van der Waals surface area contributed by atoms with E-state index in [1.54, 1.807) is 0 Å². The second-order valence-electron chi connectivity index (χ2n) is 4.91. The number of carbonyl (C=O) groups is 2. The van der Waals surface area contributed by atoms with E-state index >= 15 is 0 Å². The highest BCUT2D eigenvalue weighted by Crippen LogP contribution is 2.19. The van der Waals surface area contributed by atoms with Crippen molar-refractivity contribution >= 4 is 11.9 Å². The zero-order valence-corrected chi connectivity index (χ0v) is 12.7. The maximum absolute atomic E-state index is 11.5. The third-order valence-electron chi connectivity index (χ3n) is 3.01. The zero-order valence-electron chi connectivity index (χ0n) is 12.7. The van der Waals surface area contributed by atoms with Gasteiger partial charge in [-0.3, -0.25) is 0 Å². The summed E-state index contributed by atoms with van der Waals surface area (Å²) in [5, 5.41) is 18.3. The number of hydrogen-bond donors (Lipinski definition) is 2. The summed E-state index contributed by atoms with van der Waals surface area (Å²) in [7, 11) is 0. The molecule has 2 N–H and O–H groups in total. The van der Waals surface area contributed by atoms with Crippen molar-refractivity contribution in [2.75, 3.05) is 6.61 Å². The molecule has 0 aliphatic rings. The molecule has 0 aromatic heterocycles. The first-order valence-corrected chi connectivity index (χ1v) is 7.06. The fraction of sp³-hybridized carbons (Fsp3) is 0.857. The summed E-state index contributed by atoms with van der Waals surface area (Å²) >= 11 is 0. The van der Waals surface area contributed by atoms with Gasteiger partial charge in [0.25, 0.3) is 0 Å². The Labute approximate surface area is 120 Å². The van der Waals surface area contributed by atoms with E-state index in [0.717, 1.165) is 6.42 Å². The van der Waals surface area contributed by atoms with Crippen LogP contribution in [0.5, 0.6) is 0 Å². The minimum atomic E-state index is -1.17. The van der Waals surface area contributed by atoms with E-state index in [9.17, 15) is 14.7 Å². The van der Waals surface area contributed by atoms with E-state index in [0.29, 0.717) is 12.8 Å². The lowest BCUT2D eigenvalue weighted by molar-refractivity contribution is -0.165. The standard InChI is InChI=1S/C14H26O6/c1-5-7-12(20-14(18)10(4)16)11(6-2)8-19-13(17)9(3)15/h9-12,15-16H,5-8H2,1-4H3. The number of aliphatic hydroxyl groups excluding tert-OH is 2. The van der Waals surface area contributed by atoms with Gasteiger partial charge >= 0.3 is 11.9 Å². The SMILES string of the molecule is CCCC(OC(=O)C(C)O)C(CC)COC(=O)C(C)O. The van der Waals surface area contributed by atoms with Crippen LogP contribution in [0, 0.1) is 5.92 Å². The minimum absolute atomic E-state index is 0.0813. The highest BCUT2D eigenvalue weighted by atomic mass is 16.6. The molecule has 0 heterocycles. The van der Waals surface area contributed by atoms with Crippen molar-refractivity contribution in [2.24, 2.45) is 5.92 Å². The van der Waals surface area contributed by atoms with Gasteiger partial charge in [-0.05, 0) is 26.7 Å². The van der Waals surface area contributed by atoms with Gasteiger partial charge in [0, 0.05) is 5.92 Å². The third-order valence-corrected chi connectivity index (χ3v) is 3.01. The van der Waals surface area contributed by atoms with E-state index in [1.165, 1.54) is 13.8 Å². The smallest absolute Gasteiger partial charge is 0.334 e. The average molecular weight is 290 g/mol. The van der Waals surface area contributed by atoms with Crippen LogP contribution in [0.25, 0.3) is 0 Å². The van der Waals surface area contributed by atoms with Gasteiger partial charge in [0.05, 0.1) is 6.61 Å². The first-order chi connectivity index (χ1) is 9.33. The molecule has 0 spiro atoms. The first-order valence-electron chi connectivity index (χ1n) is 7.06. The Bertz CT molecular complexity index is 300. The molecular formula is C14H26O6. The summed E-state index contributed by atoms with van der Waals surface area (Å²) in [4.78, 5) is 22.7. The lowest BCUT2D eigenvalue weighted by atomic mass is 9.96. The van der Waals surface area contributed by atoms with Gasteiger partial charge in [0.15, 0.2) is 0 Å². The normalized spacial score (nSPS) is 16.9.